The van der Waals surface area contributed by atoms with Crippen LogP contribution in [0.2, 0.25) is 0 Å². The first-order valence-electron chi connectivity index (χ1n) is 11.0. The number of aromatic nitrogens is 3. The molecule has 0 amide bonds. The zero-order chi connectivity index (χ0) is 24.4. The number of rotatable bonds is 7. The maximum absolute atomic E-state index is 12.3. The summed E-state index contributed by atoms with van der Waals surface area (Å²) in [5, 5.41) is 26.6. The van der Waals surface area contributed by atoms with Crippen LogP contribution in [-0.2, 0) is 9.84 Å². The standard InChI is InChI=1S/C24H23N5O5S/c30-14-19(15-4-2-1-3-5-15)28-22-18(23-25-9-10-34-23)13-26-24(29-22)27-16-6-7-21-17(12-16)20(31)8-11-35(21,32)33/h1-7,9-10,12-13,19-20,30-31H,8,11,14H2,(H2,26,27,28,29)/t19-,20?/m1/s1. The van der Waals surface area contributed by atoms with Gasteiger partial charge in [-0.15, -0.1) is 0 Å². The molecule has 1 aliphatic rings. The van der Waals surface area contributed by atoms with Gasteiger partial charge in [0.15, 0.2) is 9.84 Å². The number of aliphatic hydroxyl groups excluding tert-OH is 2. The van der Waals surface area contributed by atoms with Crippen molar-refractivity contribution in [3.05, 3.63) is 78.3 Å². The van der Waals surface area contributed by atoms with E-state index in [-0.39, 0.29) is 29.6 Å². The third-order valence-electron chi connectivity index (χ3n) is 5.77. The van der Waals surface area contributed by atoms with Gasteiger partial charge in [-0.25, -0.2) is 18.4 Å². The van der Waals surface area contributed by atoms with Gasteiger partial charge in [0, 0.05) is 17.4 Å². The molecule has 2 aromatic heterocycles. The van der Waals surface area contributed by atoms with Gasteiger partial charge in [-0.2, -0.15) is 4.98 Å². The highest BCUT2D eigenvalue weighted by atomic mass is 32.2. The summed E-state index contributed by atoms with van der Waals surface area (Å²) in [6, 6.07) is 13.7. The average molecular weight is 494 g/mol. The third-order valence-corrected chi connectivity index (χ3v) is 7.58. The lowest BCUT2D eigenvalue weighted by molar-refractivity contribution is 0.168. The molecule has 0 radical (unpaired) electrons. The summed E-state index contributed by atoms with van der Waals surface area (Å²) in [4.78, 5) is 13.2. The van der Waals surface area contributed by atoms with Gasteiger partial charge >= 0.3 is 0 Å². The molecule has 1 aliphatic heterocycles. The van der Waals surface area contributed by atoms with Gasteiger partial charge in [-0.05, 0) is 30.2 Å². The van der Waals surface area contributed by atoms with Crippen molar-refractivity contribution in [2.75, 3.05) is 23.0 Å². The minimum absolute atomic E-state index is 0.0816. The Kier molecular flexibility index (Phi) is 6.20. The highest BCUT2D eigenvalue weighted by Gasteiger charge is 2.29. The topological polar surface area (TPSA) is 150 Å². The van der Waals surface area contributed by atoms with Crippen LogP contribution in [0.4, 0.5) is 17.5 Å². The number of aliphatic hydroxyl groups is 2. The molecule has 0 fully saturated rings. The van der Waals surface area contributed by atoms with Crippen LogP contribution >= 0.6 is 0 Å². The van der Waals surface area contributed by atoms with Crippen LogP contribution in [0, 0.1) is 0 Å². The number of oxazole rings is 1. The molecule has 35 heavy (non-hydrogen) atoms. The number of hydrogen-bond donors (Lipinski definition) is 4. The van der Waals surface area contributed by atoms with Crippen LogP contribution < -0.4 is 10.6 Å². The zero-order valence-corrected chi connectivity index (χ0v) is 19.3. The number of nitrogens with zero attached hydrogens (tertiary/aromatic N) is 3. The molecule has 0 bridgehead atoms. The van der Waals surface area contributed by atoms with Crippen molar-refractivity contribution in [3.8, 4) is 11.5 Å². The Morgan fingerprint density at radius 1 is 1.14 bits per heavy atom. The van der Waals surface area contributed by atoms with Crippen molar-refractivity contribution in [1.29, 1.82) is 0 Å². The van der Waals surface area contributed by atoms with Gasteiger partial charge in [-0.1, -0.05) is 30.3 Å². The lowest BCUT2D eigenvalue weighted by Gasteiger charge is -2.22. The second-order valence-corrected chi connectivity index (χ2v) is 10.2. The summed E-state index contributed by atoms with van der Waals surface area (Å²) in [6.45, 7) is -0.182. The van der Waals surface area contributed by atoms with Gasteiger partial charge in [-0.3, -0.25) is 0 Å². The number of anilines is 3. The van der Waals surface area contributed by atoms with E-state index in [1.807, 2.05) is 30.3 Å². The van der Waals surface area contributed by atoms with E-state index < -0.39 is 22.0 Å². The van der Waals surface area contributed by atoms with Crippen LogP contribution in [0.25, 0.3) is 11.5 Å². The van der Waals surface area contributed by atoms with Crippen molar-refractivity contribution >= 4 is 27.3 Å². The number of nitrogens with one attached hydrogen (secondary N) is 2. The van der Waals surface area contributed by atoms with E-state index in [4.69, 9.17) is 4.42 Å². The summed E-state index contributed by atoms with van der Waals surface area (Å²) in [7, 11) is -3.41. The third kappa shape index (κ3) is 4.74. The summed E-state index contributed by atoms with van der Waals surface area (Å²) in [6.07, 6.45) is 3.78. The van der Waals surface area contributed by atoms with Crippen molar-refractivity contribution in [2.45, 2.75) is 23.5 Å². The second kappa shape index (κ2) is 9.45. The van der Waals surface area contributed by atoms with Gasteiger partial charge < -0.3 is 25.3 Å². The van der Waals surface area contributed by atoms with E-state index in [0.717, 1.165) is 5.56 Å². The van der Waals surface area contributed by atoms with E-state index in [2.05, 4.69) is 25.6 Å². The van der Waals surface area contributed by atoms with E-state index in [9.17, 15) is 18.6 Å². The Hall–Kier alpha value is -3.80. The number of fused-ring (bicyclic) bond motifs is 1. The van der Waals surface area contributed by atoms with Gasteiger partial charge in [0.2, 0.25) is 11.8 Å². The second-order valence-electron chi connectivity index (χ2n) is 8.08. The molecule has 2 aromatic carbocycles. The SMILES string of the molecule is O=S1(=O)CCC(O)c2cc(Nc3ncc(-c4ncco4)c(N[C@H](CO)c4ccccc4)n3)ccc21. The predicted octanol–water partition coefficient (Wildman–Crippen LogP) is 3.23. The quantitative estimate of drug-likeness (QED) is 0.302. The van der Waals surface area contributed by atoms with E-state index in [1.54, 1.807) is 18.3 Å². The minimum Gasteiger partial charge on any atom is -0.444 e. The fourth-order valence-corrected chi connectivity index (χ4v) is 5.56. The Morgan fingerprint density at radius 3 is 2.71 bits per heavy atom. The minimum atomic E-state index is -3.41. The molecule has 11 heteroatoms. The molecule has 10 nitrogen and oxygen atoms in total. The van der Waals surface area contributed by atoms with Crippen LogP contribution in [0.5, 0.6) is 0 Å². The van der Waals surface area contributed by atoms with E-state index in [0.29, 0.717) is 28.5 Å². The van der Waals surface area contributed by atoms with Crippen LogP contribution in [-0.4, -0.2) is 45.9 Å². The Balaban J connectivity index is 1.49. The highest BCUT2D eigenvalue weighted by molar-refractivity contribution is 7.91. The first kappa shape index (κ1) is 23.0. The summed E-state index contributed by atoms with van der Waals surface area (Å²) in [5.41, 5.74) is 2.24. The predicted molar refractivity (Wildman–Crippen MR) is 129 cm³/mol. The normalized spacial score (nSPS) is 17.4. The lowest BCUT2D eigenvalue weighted by Crippen LogP contribution is -2.20. The van der Waals surface area contributed by atoms with Crippen LogP contribution in [0.15, 0.2) is 76.5 Å². The Bertz CT molecular complexity index is 1430. The monoisotopic (exact) mass is 493 g/mol. The number of benzene rings is 2. The molecule has 3 heterocycles. The maximum atomic E-state index is 12.3. The van der Waals surface area contributed by atoms with Crippen molar-refractivity contribution in [1.82, 2.24) is 15.0 Å². The molecule has 0 saturated carbocycles. The molecule has 4 aromatic rings. The fourth-order valence-electron chi connectivity index (χ4n) is 3.98. The summed E-state index contributed by atoms with van der Waals surface area (Å²) in [5.74, 6) is 0.835. The summed E-state index contributed by atoms with van der Waals surface area (Å²) < 4.78 is 30.1. The van der Waals surface area contributed by atoms with Crippen molar-refractivity contribution in [3.63, 3.8) is 0 Å². The molecule has 0 spiro atoms. The van der Waals surface area contributed by atoms with Crippen LogP contribution in [0.1, 0.15) is 29.7 Å². The highest BCUT2D eigenvalue weighted by Crippen LogP contribution is 2.35. The molecule has 4 N–H and O–H groups in total. The van der Waals surface area contributed by atoms with Crippen molar-refractivity contribution < 1.29 is 23.0 Å². The largest absolute Gasteiger partial charge is 0.444 e. The molecular formula is C24H23N5O5S. The van der Waals surface area contributed by atoms with Crippen molar-refractivity contribution in [2.24, 2.45) is 0 Å². The van der Waals surface area contributed by atoms with Crippen LogP contribution in [0.3, 0.4) is 0 Å². The maximum Gasteiger partial charge on any atom is 0.231 e. The number of sulfone groups is 1. The molecule has 0 saturated heterocycles. The average Bonchev–Trinajstić information content (AvgIpc) is 3.40. The van der Waals surface area contributed by atoms with Gasteiger partial charge in [0.25, 0.3) is 0 Å². The van der Waals surface area contributed by atoms with E-state index >= 15 is 0 Å². The Morgan fingerprint density at radius 2 is 1.97 bits per heavy atom. The first-order chi connectivity index (χ1) is 16.9. The molecule has 2 atom stereocenters. The van der Waals surface area contributed by atoms with E-state index in [1.165, 1.54) is 18.5 Å². The lowest BCUT2D eigenvalue weighted by atomic mass is 10.1. The molecule has 0 aliphatic carbocycles. The smallest absolute Gasteiger partial charge is 0.231 e. The molecule has 5 rings (SSSR count). The summed E-state index contributed by atoms with van der Waals surface area (Å²) >= 11 is 0. The van der Waals surface area contributed by atoms with Gasteiger partial charge in [0.1, 0.15) is 12.1 Å². The molecular weight excluding hydrogens is 470 g/mol. The Labute approximate surface area is 201 Å². The van der Waals surface area contributed by atoms with Gasteiger partial charge in [0.05, 0.1) is 41.2 Å². The molecule has 1 unspecified atom stereocenters. The fraction of sp³-hybridized carbons (Fsp3) is 0.208. The molecule has 180 valence electrons. The number of hydrogen-bond acceptors (Lipinski definition) is 10. The first-order valence-corrected chi connectivity index (χ1v) is 12.6. The zero-order valence-electron chi connectivity index (χ0n) is 18.5.